The molecule has 1 saturated heterocycles. The van der Waals surface area contributed by atoms with E-state index in [1.165, 1.54) is 25.8 Å². The van der Waals surface area contributed by atoms with Crippen molar-refractivity contribution in [2.45, 2.75) is 51.9 Å². The Kier molecular flexibility index (Phi) is 6.22. The molecular weight excluding hydrogens is 190 g/mol. The molecule has 0 aromatic heterocycles. The SMILES string of the molecule is CCOC(CCC1CCCN1C)OCC. The first kappa shape index (κ1) is 12.9. The van der Waals surface area contributed by atoms with Crippen molar-refractivity contribution in [2.24, 2.45) is 0 Å². The molecule has 0 aromatic carbocycles. The zero-order valence-corrected chi connectivity index (χ0v) is 10.4. The maximum atomic E-state index is 5.54. The Labute approximate surface area is 93.7 Å². The molecular formula is C12H25NO2. The first-order chi connectivity index (χ1) is 7.27. The fourth-order valence-corrected chi connectivity index (χ4v) is 2.26. The van der Waals surface area contributed by atoms with E-state index in [1.807, 2.05) is 13.8 Å². The van der Waals surface area contributed by atoms with Crippen molar-refractivity contribution in [3.63, 3.8) is 0 Å². The van der Waals surface area contributed by atoms with Gasteiger partial charge in [-0.1, -0.05) is 0 Å². The van der Waals surface area contributed by atoms with Crippen LogP contribution in [-0.2, 0) is 9.47 Å². The van der Waals surface area contributed by atoms with Crippen LogP contribution in [0.4, 0.5) is 0 Å². The zero-order valence-electron chi connectivity index (χ0n) is 10.4. The van der Waals surface area contributed by atoms with Crippen molar-refractivity contribution in [3.8, 4) is 0 Å². The lowest BCUT2D eigenvalue weighted by Crippen LogP contribution is -2.27. The summed E-state index contributed by atoms with van der Waals surface area (Å²) >= 11 is 0. The summed E-state index contributed by atoms with van der Waals surface area (Å²) in [5, 5.41) is 0. The van der Waals surface area contributed by atoms with Gasteiger partial charge >= 0.3 is 0 Å². The van der Waals surface area contributed by atoms with Crippen molar-refractivity contribution >= 4 is 0 Å². The Balaban J connectivity index is 2.19. The molecule has 3 nitrogen and oxygen atoms in total. The van der Waals surface area contributed by atoms with Gasteiger partial charge in [0.2, 0.25) is 0 Å². The smallest absolute Gasteiger partial charge is 0.157 e. The molecule has 3 heteroatoms. The highest BCUT2D eigenvalue weighted by molar-refractivity contribution is 4.76. The second-order valence-electron chi connectivity index (χ2n) is 4.19. The van der Waals surface area contributed by atoms with Gasteiger partial charge in [-0.2, -0.15) is 0 Å². The maximum Gasteiger partial charge on any atom is 0.157 e. The molecule has 1 fully saturated rings. The highest BCUT2D eigenvalue weighted by Gasteiger charge is 2.21. The van der Waals surface area contributed by atoms with Gasteiger partial charge < -0.3 is 14.4 Å². The van der Waals surface area contributed by atoms with Gasteiger partial charge in [-0.05, 0) is 53.1 Å². The topological polar surface area (TPSA) is 21.7 Å². The van der Waals surface area contributed by atoms with Gasteiger partial charge in [0.15, 0.2) is 6.29 Å². The Bertz CT molecular complexity index is 158. The summed E-state index contributed by atoms with van der Waals surface area (Å²) in [5.41, 5.74) is 0. The minimum atomic E-state index is 0.00833. The van der Waals surface area contributed by atoms with Crippen LogP contribution in [0.15, 0.2) is 0 Å². The zero-order chi connectivity index (χ0) is 11.1. The van der Waals surface area contributed by atoms with Crippen molar-refractivity contribution in [1.29, 1.82) is 0 Å². The first-order valence-electron chi connectivity index (χ1n) is 6.21. The van der Waals surface area contributed by atoms with Crippen LogP contribution in [0.1, 0.15) is 39.5 Å². The van der Waals surface area contributed by atoms with Crippen LogP contribution in [0.3, 0.4) is 0 Å². The normalized spacial score (nSPS) is 22.8. The lowest BCUT2D eigenvalue weighted by molar-refractivity contribution is -0.141. The second-order valence-corrected chi connectivity index (χ2v) is 4.19. The fraction of sp³-hybridized carbons (Fsp3) is 1.00. The van der Waals surface area contributed by atoms with Crippen LogP contribution >= 0.6 is 0 Å². The van der Waals surface area contributed by atoms with Crippen LogP contribution < -0.4 is 0 Å². The first-order valence-corrected chi connectivity index (χ1v) is 6.21. The van der Waals surface area contributed by atoms with E-state index in [-0.39, 0.29) is 6.29 Å². The van der Waals surface area contributed by atoms with Gasteiger partial charge in [0.05, 0.1) is 0 Å². The average molecular weight is 215 g/mol. The number of likely N-dealkylation sites (tertiary alicyclic amines) is 1. The summed E-state index contributed by atoms with van der Waals surface area (Å²) in [5.74, 6) is 0. The van der Waals surface area contributed by atoms with E-state index in [9.17, 15) is 0 Å². The third-order valence-electron chi connectivity index (χ3n) is 3.11. The van der Waals surface area contributed by atoms with Crippen molar-refractivity contribution in [2.75, 3.05) is 26.8 Å². The molecule has 0 aromatic rings. The van der Waals surface area contributed by atoms with E-state index in [4.69, 9.17) is 9.47 Å². The van der Waals surface area contributed by atoms with Gasteiger partial charge in [0, 0.05) is 19.3 Å². The molecule has 1 heterocycles. The van der Waals surface area contributed by atoms with Crippen LogP contribution in [0.25, 0.3) is 0 Å². The molecule has 0 spiro atoms. The molecule has 90 valence electrons. The maximum absolute atomic E-state index is 5.54. The number of nitrogens with zero attached hydrogens (tertiary/aromatic N) is 1. The molecule has 15 heavy (non-hydrogen) atoms. The third-order valence-corrected chi connectivity index (χ3v) is 3.11. The van der Waals surface area contributed by atoms with E-state index in [2.05, 4.69) is 11.9 Å². The highest BCUT2D eigenvalue weighted by Crippen LogP contribution is 2.20. The van der Waals surface area contributed by atoms with Crippen molar-refractivity contribution in [3.05, 3.63) is 0 Å². The Hall–Kier alpha value is -0.120. The van der Waals surface area contributed by atoms with Crippen molar-refractivity contribution in [1.82, 2.24) is 4.90 Å². The van der Waals surface area contributed by atoms with Crippen molar-refractivity contribution < 1.29 is 9.47 Å². The predicted octanol–water partition coefficient (Wildman–Crippen LogP) is 2.26. The number of ether oxygens (including phenoxy) is 2. The quantitative estimate of drug-likeness (QED) is 0.608. The van der Waals surface area contributed by atoms with Gasteiger partial charge in [0.25, 0.3) is 0 Å². The van der Waals surface area contributed by atoms with Gasteiger partial charge in [0.1, 0.15) is 0 Å². The van der Waals surface area contributed by atoms with E-state index < -0.39 is 0 Å². The summed E-state index contributed by atoms with van der Waals surface area (Å²) in [4.78, 5) is 2.45. The molecule has 1 aliphatic heterocycles. The Morgan fingerprint density at radius 3 is 2.40 bits per heavy atom. The van der Waals surface area contributed by atoms with Crippen LogP contribution in [0.2, 0.25) is 0 Å². The summed E-state index contributed by atoms with van der Waals surface area (Å²) in [6, 6.07) is 0.744. The number of hydrogen-bond acceptors (Lipinski definition) is 3. The molecule has 0 radical (unpaired) electrons. The Morgan fingerprint density at radius 2 is 1.93 bits per heavy atom. The minimum Gasteiger partial charge on any atom is -0.353 e. The molecule has 1 unspecified atom stereocenters. The van der Waals surface area contributed by atoms with Gasteiger partial charge in [-0.3, -0.25) is 0 Å². The molecule has 0 saturated carbocycles. The molecule has 0 N–H and O–H groups in total. The summed E-state index contributed by atoms with van der Waals surface area (Å²) in [6.45, 7) is 6.77. The largest absolute Gasteiger partial charge is 0.353 e. The predicted molar refractivity (Wildman–Crippen MR) is 61.9 cm³/mol. The lowest BCUT2D eigenvalue weighted by atomic mass is 10.1. The summed E-state index contributed by atoms with van der Waals surface area (Å²) < 4.78 is 11.1. The molecule has 1 aliphatic rings. The molecule has 1 atom stereocenters. The monoisotopic (exact) mass is 215 g/mol. The van der Waals surface area contributed by atoms with Gasteiger partial charge in [-0.25, -0.2) is 0 Å². The minimum absolute atomic E-state index is 0.00833. The van der Waals surface area contributed by atoms with E-state index in [1.54, 1.807) is 0 Å². The molecule has 0 amide bonds. The molecule has 1 rings (SSSR count). The summed E-state index contributed by atoms with van der Waals surface area (Å²) in [6.07, 6.45) is 4.91. The molecule has 0 bridgehead atoms. The van der Waals surface area contributed by atoms with E-state index in [0.29, 0.717) is 0 Å². The summed E-state index contributed by atoms with van der Waals surface area (Å²) in [7, 11) is 2.22. The Morgan fingerprint density at radius 1 is 1.27 bits per heavy atom. The standard InChI is InChI=1S/C12H25NO2/c1-4-14-12(15-5-2)9-8-11-7-6-10-13(11)3/h11-12H,4-10H2,1-3H3. The molecule has 0 aliphatic carbocycles. The van der Waals surface area contributed by atoms with Crippen LogP contribution in [0.5, 0.6) is 0 Å². The van der Waals surface area contributed by atoms with Crippen LogP contribution in [0, 0.1) is 0 Å². The van der Waals surface area contributed by atoms with Crippen LogP contribution in [-0.4, -0.2) is 44.0 Å². The number of hydrogen-bond donors (Lipinski definition) is 0. The highest BCUT2D eigenvalue weighted by atomic mass is 16.7. The third kappa shape index (κ3) is 4.49. The number of rotatable bonds is 7. The van der Waals surface area contributed by atoms with E-state index in [0.717, 1.165) is 25.7 Å². The lowest BCUT2D eigenvalue weighted by Gasteiger charge is -2.22. The second kappa shape index (κ2) is 7.20. The fourth-order valence-electron chi connectivity index (χ4n) is 2.26. The average Bonchev–Trinajstić information content (AvgIpc) is 2.61. The van der Waals surface area contributed by atoms with E-state index >= 15 is 0 Å². The van der Waals surface area contributed by atoms with Gasteiger partial charge in [-0.15, -0.1) is 0 Å².